The Hall–Kier alpha value is -2.11. The third-order valence-corrected chi connectivity index (χ3v) is 1.60. The Morgan fingerprint density at radius 1 is 1.73 bits per heavy atom. The van der Waals surface area contributed by atoms with Crippen LogP contribution in [0.5, 0.6) is 5.88 Å². The number of aromatic nitrogens is 1. The fourth-order valence-electron chi connectivity index (χ4n) is 0.943. The van der Waals surface area contributed by atoms with E-state index in [1.807, 2.05) is 0 Å². The number of hydrogen-bond acceptors (Lipinski definition) is 5. The van der Waals surface area contributed by atoms with Crippen LogP contribution in [0.15, 0.2) is 24.8 Å². The highest BCUT2D eigenvalue weighted by atomic mass is 16.6. The summed E-state index contributed by atoms with van der Waals surface area (Å²) in [5.74, 6) is 0.594. The lowest BCUT2D eigenvalue weighted by Gasteiger charge is -2.04. The molecule has 0 unspecified atom stereocenters. The number of anilines is 1. The van der Waals surface area contributed by atoms with Crippen molar-refractivity contribution in [2.45, 2.75) is 0 Å². The van der Waals surface area contributed by atoms with Crippen LogP contribution >= 0.6 is 0 Å². The smallest absolute Gasteiger partial charge is 0.278 e. The SMILES string of the molecule is C=CCOc1cc([N+](=O)[O-])cc(NC)n1. The molecule has 0 aliphatic rings. The first-order valence-corrected chi connectivity index (χ1v) is 4.25. The maximum absolute atomic E-state index is 10.6. The summed E-state index contributed by atoms with van der Waals surface area (Å²) >= 11 is 0. The second-order valence-corrected chi connectivity index (χ2v) is 2.66. The second kappa shape index (κ2) is 4.94. The lowest BCUT2D eigenvalue weighted by atomic mass is 10.4. The lowest BCUT2D eigenvalue weighted by Crippen LogP contribution is -2.00. The minimum Gasteiger partial charge on any atom is -0.473 e. The minimum atomic E-state index is -0.497. The first kappa shape index (κ1) is 11.0. The van der Waals surface area contributed by atoms with Gasteiger partial charge in [-0.05, 0) is 0 Å². The van der Waals surface area contributed by atoms with Crippen molar-refractivity contribution in [2.24, 2.45) is 0 Å². The zero-order valence-electron chi connectivity index (χ0n) is 8.27. The van der Waals surface area contributed by atoms with Crippen LogP contribution in [-0.4, -0.2) is 23.6 Å². The Kier molecular flexibility index (Phi) is 3.61. The molecule has 1 rings (SSSR count). The highest BCUT2D eigenvalue weighted by Gasteiger charge is 2.10. The number of pyridine rings is 1. The summed E-state index contributed by atoms with van der Waals surface area (Å²) in [5, 5.41) is 13.3. The quantitative estimate of drug-likeness (QED) is 0.452. The Morgan fingerprint density at radius 2 is 2.47 bits per heavy atom. The van der Waals surface area contributed by atoms with Gasteiger partial charge >= 0.3 is 0 Å². The normalized spacial score (nSPS) is 9.40. The number of ether oxygens (including phenoxy) is 1. The number of nitro groups is 1. The van der Waals surface area contributed by atoms with Crippen LogP contribution < -0.4 is 10.1 Å². The Balaban J connectivity index is 2.99. The summed E-state index contributed by atoms with van der Waals surface area (Å²) in [6, 6.07) is 2.60. The highest BCUT2D eigenvalue weighted by molar-refractivity contribution is 5.47. The van der Waals surface area contributed by atoms with Gasteiger partial charge < -0.3 is 10.1 Å². The third kappa shape index (κ3) is 2.94. The maximum Gasteiger partial charge on any atom is 0.278 e. The molecular weight excluding hydrogens is 198 g/mol. The molecule has 6 nitrogen and oxygen atoms in total. The molecular formula is C9H11N3O3. The van der Waals surface area contributed by atoms with Crippen LogP contribution in [-0.2, 0) is 0 Å². The maximum atomic E-state index is 10.6. The third-order valence-electron chi connectivity index (χ3n) is 1.60. The zero-order chi connectivity index (χ0) is 11.3. The van der Waals surface area contributed by atoms with Crippen LogP contribution in [0.4, 0.5) is 11.5 Å². The molecule has 0 saturated heterocycles. The summed E-state index contributed by atoms with van der Waals surface area (Å²) in [7, 11) is 1.63. The molecule has 0 radical (unpaired) electrons. The first-order valence-electron chi connectivity index (χ1n) is 4.25. The fraction of sp³-hybridized carbons (Fsp3) is 0.222. The zero-order valence-corrected chi connectivity index (χ0v) is 8.27. The first-order chi connectivity index (χ1) is 7.17. The van der Waals surface area contributed by atoms with Crippen molar-refractivity contribution in [3.8, 4) is 5.88 Å². The van der Waals surface area contributed by atoms with Crippen molar-refractivity contribution < 1.29 is 9.66 Å². The van der Waals surface area contributed by atoms with E-state index in [0.29, 0.717) is 5.82 Å². The van der Waals surface area contributed by atoms with Gasteiger partial charge in [-0.15, -0.1) is 0 Å². The van der Waals surface area contributed by atoms with Crippen LogP contribution in [0.25, 0.3) is 0 Å². The molecule has 1 N–H and O–H groups in total. The van der Waals surface area contributed by atoms with Gasteiger partial charge in [0.2, 0.25) is 5.88 Å². The monoisotopic (exact) mass is 209 g/mol. The predicted molar refractivity (Wildman–Crippen MR) is 56.1 cm³/mol. The van der Waals surface area contributed by atoms with Gasteiger partial charge in [0.1, 0.15) is 12.4 Å². The van der Waals surface area contributed by atoms with Crippen LogP contribution in [0.2, 0.25) is 0 Å². The summed E-state index contributed by atoms with van der Waals surface area (Å²) in [5.41, 5.74) is -0.0617. The molecule has 15 heavy (non-hydrogen) atoms. The molecule has 0 fully saturated rings. The summed E-state index contributed by atoms with van der Waals surface area (Å²) in [4.78, 5) is 14.1. The van der Waals surface area contributed by atoms with E-state index in [4.69, 9.17) is 4.74 Å². The van der Waals surface area contributed by atoms with E-state index in [1.165, 1.54) is 12.1 Å². The summed E-state index contributed by atoms with van der Waals surface area (Å²) in [6.07, 6.45) is 1.54. The topological polar surface area (TPSA) is 77.3 Å². The molecule has 0 atom stereocenters. The largest absolute Gasteiger partial charge is 0.473 e. The highest BCUT2D eigenvalue weighted by Crippen LogP contribution is 2.21. The summed E-state index contributed by atoms with van der Waals surface area (Å²) in [6.45, 7) is 3.73. The van der Waals surface area contributed by atoms with E-state index in [-0.39, 0.29) is 18.2 Å². The molecule has 0 bridgehead atoms. The number of hydrogen-bond donors (Lipinski definition) is 1. The summed E-state index contributed by atoms with van der Waals surface area (Å²) < 4.78 is 5.11. The molecule has 0 saturated carbocycles. The van der Waals surface area contributed by atoms with E-state index in [9.17, 15) is 10.1 Å². The Labute approximate surface area is 86.7 Å². The number of nitrogens with one attached hydrogen (secondary N) is 1. The van der Waals surface area contributed by atoms with Gasteiger partial charge in [0.15, 0.2) is 0 Å². The van der Waals surface area contributed by atoms with Crippen molar-refractivity contribution in [3.63, 3.8) is 0 Å². The van der Waals surface area contributed by atoms with Crippen LogP contribution in [0.3, 0.4) is 0 Å². The molecule has 0 aliphatic carbocycles. The Morgan fingerprint density at radius 3 is 3.00 bits per heavy atom. The van der Waals surface area contributed by atoms with E-state index in [1.54, 1.807) is 13.1 Å². The van der Waals surface area contributed by atoms with E-state index in [2.05, 4.69) is 16.9 Å². The molecule has 1 aromatic heterocycles. The van der Waals surface area contributed by atoms with Gasteiger partial charge in [0.25, 0.3) is 5.69 Å². The average Bonchev–Trinajstić information content (AvgIpc) is 2.25. The predicted octanol–water partition coefficient (Wildman–Crippen LogP) is 1.60. The van der Waals surface area contributed by atoms with Crippen LogP contribution in [0.1, 0.15) is 0 Å². The number of rotatable bonds is 5. The van der Waals surface area contributed by atoms with Gasteiger partial charge in [-0.2, -0.15) is 4.98 Å². The lowest BCUT2D eigenvalue weighted by molar-refractivity contribution is -0.384. The average molecular weight is 209 g/mol. The van der Waals surface area contributed by atoms with E-state index >= 15 is 0 Å². The molecule has 1 heterocycles. The van der Waals surface area contributed by atoms with E-state index in [0.717, 1.165) is 0 Å². The molecule has 0 spiro atoms. The molecule has 0 amide bonds. The van der Waals surface area contributed by atoms with Gasteiger partial charge in [-0.1, -0.05) is 12.7 Å². The molecule has 1 aromatic rings. The molecule has 80 valence electrons. The van der Waals surface area contributed by atoms with Gasteiger partial charge in [0, 0.05) is 7.05 Å². The standard InChI is InChI=1S/C9H11N3O3/c1-3-4-15-9-6-7(12(13)14)5-8(10-2)11-9/h3,5-6H,1,4H2,2H3,(H,10,11). The van der Waals surface area contributed by atoms with Crippen LogP contribution in [0, 0.1) is 10.1 Å². The van der Waals surface area contributed by atoms with Crippen molar-refractivity contribution in [1.82, 2.24) is 4.98 Å². The molecule has 0 aromatic carbocycles. The second-order valence-electron chi connectivity index (χ2n) is 2.66. The number of nitrogens with zero attached hydrogens (tertiary/aromatic N) is 2. The van der Waals surface area contributed by atoms with Gasteiger partial charge in [0.05, 0.1) is 17.1 Å². The molecule has 0 aliphatic heterocycles. The molecule has 6 heteroatoms. The Bertz CT molecular complexity index is 379. The van der Waals surface area contributed by atoms with Crippen molar-refractivity contribution in [3.05, 3.63) is 34.9 Å². The minimum absolute atomic E-state index is 0.0617. The van der Waals surface area contributed by atoms with Gasteiger partial charge in [-0.3, -0.25) is 10.1 Å². The van der Waals surface area contributed by atoms with Crippen molar-refractivity contribution in [1.29, 1.82) is 0 Å². The van der Waals surface area contributed by atoms with Crippen molar-refractivity contribution >= 4 is 11.5 Å². The van der Waals surface area contributed by atoms with Crippen molar-refractivity contribution in [2.75, 3.05) is 19.0 Å². The van der Waals surface area contributed by atoms with E-state index < -0.39 is 4.92 Å². The van der Waals surface area contributed by atoms with Gasteiger partial charge in [-0.25, -0.2) is 0 Å². The fourth-order valence-corrected chi connectivity index (χ4v) is 0.943.